The zero-order valence-electron chi connectivity index (χ0n) is 10.9. The number of benzene rings is 2. The number of hydrogen-bond acceptors (Lipinski definition) is 3. The van der Waals surface area contributed by atoms with Crippen molar-refractivity contribution in [1.82, 2.24) is 0 Å². The molecule has 0 atom stereocenters. The molecule has 0 saturated carbocycles. The minimum Gasteiger partial charge on any atom is -0.488 e. The van der Waals surface area contributed by atoms with Crippen molar-refractivity contribution in [3.05, 3.63) is 64.5 Å². The van der Waals surface area contributed by atoms with E-state index in [0.29, 0.717) is 23.2 Å². The van der Waals surface area contributed by atoms with E-state index >= 15 is 0 Å². The Morgan fingerprint density at radius 2 is 2.15 bits per heavy atom. The molecule has 0 saturated heterocycles. The van der Waals surface area contributed by atoms with E-state index in [9.17, 15) is 9.18 Å². The summed E-state index contributed by atoms with van der Waals surface area (Å²) in [5.41, 5.74) is 1.84. The molecule has 2 aromatic carbocycles. The van der Waals surface area contributed by atoms with Crippen LogP contribution < -0.4 is 4.74 Å². The lowest BCUT2D eigenvalue weighted by atomic mass is 10.1. The molecular weight excluding hydrogens is 257 g/mol. The van der Waals surface area contributed by atoms with Gasteiger partial charge in [-0.25, -0.2) is 4.39 Å². The first-order valence-electron chi connectivity index (χ1n) is 6.02. The molecule has 2 aromatic rings. The van der Waals surface area contributed by atoms with E-state index in [0.717, 1.165) is 11.6 Å². The number of hydrogen-bond donors (Lipinski definition) is 0. The Balaban J connectivity index is 2.21. The molecule has 0 fully saturated rings. The highest BCUT2D eigenvalue weighted by atomic mass is 19.1. The van der Waals surface area contributed by atoms with E-state index in [1.807, 2.05) is 19.1 Å². The monoisotopic (exact) mass is 269 g/mol. The maximum absolute atomic E-state index is 13.7. The summed E-state index contributed by atoms with van der Waals surface area (Å²) in [6, 6.07) is 11.3. The molecule has 0 aliphatic rings. The molecule has 0 unspecified atom stereocenters. The molecule has 0 spiro atoms. The second-order valence-electron chi connectivity index (χ2n) is 4.32. The van der Waals surface area contributed by atoms with Crippen molar-refractivity contribution in [2.45, 2.75) is 13.5 Å². The molecule has 0 amide bonds. The Labute approximate surface area is 116 Å². The first-order chi connectivity index (χ1) is 9.65. The van der Waals surface area contributed by atoms with Crippen LogP contribution in [0.5, 0.6) is 5.75 Å². The van der Waals surface area contributed by atoms with Gasteiger partial charge >= 0.3 is 0 Å². The largest absolute Gasteiger partial charge is 0.488 e. The summed E-state index contributed by atoms with van der Waals surface area (Å²) >= 11 is 0. The fourth-order valence-corrected chi connectivity index (χ4v) is 1.85. The highest BCUT2D eigenvalue weighted by Gasteiger charge is 2.09. The van der Waals surface area contributed by atoms with Crippen molar-refractivity contribution in [2.75, 3.05) is 0 Å². The topological polar surface area (TPSA) is 50.1 Å². The fraction of sp³-hybridized carbons (Fsp3) is 0.125. The van der Waals surface area contributed by atoms with Crippen LogP contribution in [0.25, 0.3) is 0 Å². The lowest BCUT2D eigenvalue weighted by Gasteiger charge is -2.11. The Kier molecular flexibility index (Phi) is 4.11. The number of aldehydes is 1. The molecule has 0 radical (unpaired) electrons. The Bertz CT molecular complexity index is 689. The van der Waals surface area contributed by atoms with E-state index in [2.05, 4.69) is 0 Å². The number of rotatable bonds is 4. The molecule has 2 rings (SSSR count). The number of aryl methyl sites for hydroxylation is 1. The third-order valence-corrected chi connectivity index (χ3v) is 2.92. The summed E-state index contributed by atoms with van der Waals surface area (Å²) < 4.78 is 19.3. The molecule has 20 heavy (non-hydrogen) atoms. The Morgan fingerprint density at radius 1 is 1.35 bits per heavy atom. The van der Waals surface area contributed by atoms with Gasteiger partial charge in [0.2, 0.25) is 0 Å². The van der Waals surface area contributed by atoms with Gasteiger partial charge in [-0.3, -0.25) is 4.79 Å². The molecular formula is C16H12FNO2. The smallest absolute Gasteiger partial charge is 0.153 e. The number of halogens is 1. The highest BCUT2D eigenvalue weighted by Crippen LogP contribution is 2.23. The molecule has 0 aromatic heterocycles. The predicted octanol–water partition coefficient (Wildman–Crippen LogP) is 3.40. The van der Waals surface area contributed by atoms with Crippen molar-refractivity contribution >= 4 is 6.29 Å². The first kappa shape index (κ1) is 13.8. The van der Waals surface area contributed by atoms with Crippen LogP contribution in [0.1, 0.15) is 27.0 Å². The van der Waals surface area contributed by atoms with E-state index in [1.54, 1.807) is 12.1 Å². The maximum atomic E-state index is 13.7. The van der Waals surface area contributed by atoms with E-state index in [-0.39, 0.29) is 12.2 Å². The van der Waals surface area contributed by atoms with Crippen LogP contribution in [-0.4, -0.2) is 6.29 Å². The molecule has 0 bridgehead atoms. The van der Waals surface area contributed by atoms with Crippen molar-refractivity contribution in [1.29, 1.82) is 5.26 Å². The van der Waals surface area contributed by atoms with Gasteiger partial charge in [0.25, 0.3) is 0 Å². The zero-order chi connectivity index (χ0) is 14.5. The van der Waals surface area contributed by atoms with Crippen LogP contribution in [0.3, 0.4) is 0 Å². The quantitative estimate of drug-likeness (QED) is 0.799. The lowest BCUT2D eigenvalue weighted by Crippen LogP contribution is -2.02. The van der Waals surface area contributed by atoms with Crippen molar-refractivity contribution in [3.8, 4) is 11.8 Å². The average molecular weight is 269 g/mol. The van der Waals surface area contributed by atoms with Gasteiger partial charge in [-0.15, -0.1) is 0 Å². The number of para-hydroxylation sites is 1. The summed E-state index contributed by atoms with van der Waals surface area (Å²) in [7, 11) is 0. The van der Waals surface area contributed by atoms with Crippen LogP contribution in [0.15, 0.2) is 36.4 Å². The Morgan fingerprint density at radius 3 is 2.80 bits per heavy atom. The summed E-state index contributed by atoms with van der Waals surface area (Å²) in [5.74, 6) is -0.0449. The minimum atomic E-state index is -0.495. The summed E-state index contributed by atoms with van der Waals surface area (Å²) in [5, 5.41) is 8.68. The standard InChI is InChI=1S/C16H12FNO2/c1-11-3-2-4-13(9-19)16(11)20-10-14-6-5-12(8-18)7-15(14)17/h2-7,9H,10H2,1H3. The van der Waals surface area contributed by atoms with Crippen LogP contribution in [0.4, 0.5) is 4.39 Å². The zero-order valence-corrected chi connectivity index (χ0v) is 10.9. The molecule has 100 valence electrons. The second-order valence-corrected chi connectivity index (χ2v) is 4.32. The third kappa shape index (κ3) is 2.83. The van der Waals surface area contributed by atoms with Crippen molar-refractivity contribution < 1.29 is 13.9 Å². The molecule has 4 heteroatoms. The van der Waals surface area contributed by atoms with Crippen LogP contribution in [-0.2, 0) is 6.61 Å². The molecule has 0 aliphatic carbocycles. The van der Waals surface area contributed by atoms with Gasteiger partial charge in [-0.2, -0.15) is 5.26 Å². The van der Waals surface area contributed by atoms with E-state index < -0.39 is 5.82 Å². The molecule has 0 heterocycles. The van der Waals surface area contributed by atoms with Gasteiger partial charge in [0, 0.05) is 5.56 Å². The SMILES string of the molecule is Cc1cccc(C=O)c1OCc1ccc(C#N)cc1F. The van der Waals surface area contributed by atoms with E-state index in [4.69, 9.17) is 10.00 Å². The molecule has 0 aliphatic heterocycles. The molecule has 0 N–H and O–H groups in total. The summed E-state index contributed by atoms with van der Waals surface area (Å²) in [6.45, 7) is 1.82. The van der Waals surface area contributed by atoms with Crippen molar-refractivity contribution in [2.24, 2.45) is 0 Å². The van der Waals surface area contributed by atoms with Gasteiger partial charge in [0.15, 0.2) is 6.29 Å². The second kappa shape index (κ2) is 5.98. The van der Waals surface area contributed by atoms with Gasteiger partial charge in [-0.1, -0.05) is 18.2 Å². The maximum Gasteiger partial charge on any atom is 0.153 e. The van der Waals surface area contributed by atoms with E-state index in [1.165, 1.54) is 12.1 Å². The number of carbonyl (C=O) groups is 1. The summed E-state index contributed by atoms with van der Waals surface area (Å²) in [4.78, 5) is 11.0. The number of carbonyl (C=O) groups excluding carboxylic acids is 1. The van der Waals surface area contributed by atoms with Gasteiger partial charge < -0.3 is 4.74 Å². The average Bonchev–Trinajstić information content (AvgIpc) is 2.46. The van der Waals surface area contributed by atoms with Gasteiger partial charge in [-0.05, 0) is 30.7 Å². The highest BCUT2D eigenvalue weighted by molar-refractivity contribution is 5.80. The first-order valence-corrected chi connectivity index (χ1v) is 6.02. The van der Waals surface area contributed by atoms with Crippen LogP contribution in [0, 0.1) is 24.1 Å². The number of ether oxygens (including phenoxy) is 1. The van der Waals surface area contributed by atoms with Crippen molar-refractivity contribution in [3.63, 3.8) is 0 Å². The lowest BCUT2D eigenvalue weighted by molar-refractivity contribution is 0.111. The van der Waals surface area contributed by atoms with Crippen LogP contribution >= 0.6 is 0 Å². The predicted molar refractivity (Wildman–Crippen MR) is 72.0 cm³/mol. The number of nitrogens with zero attached hydrogens (tertiary/aromatic N) is 1. The Hall–Kier alpha value is -2.67. The number of nitriles is 1. The minimum absolute atomic E-state index is 0.00321. The van der Waals surface area contributed by atoms with Gasteiger partial charge in [0.1, 0.15) is 18.2 Å². The summed E-state index contributed by atoms with van der Waals surface area (Å²) in [6.07, 6.45) is 0.706. The molecule has 3 nitrogen and oxygen atoms in total. The fourth-order valence-electron chi connectivity index (χ4n) is 1.85. The normalized spacial score (nSPS) is 9.85. The van der Waals surface area contributed by atoms with Crippen LogP contribution in [0.2, 0.25) is 0 Å². The van der Waals surface area contributed by atoms with Gasteiger partial charge in [0.05, 0.1) is 17.2 Å². The third-order valence-electron chi connectivity index (χ3n) is 2.92.